The zero-order chi connectivity index (χ0) is 22.1. The smallest absolute Gasteiger partial charge is 0.407 e. The van der Waals surface area contributed by atoms with E-state index in [1.54, 1.807) is 25.3 Å². The van der Waals surface area contributed by atoms with Crippen LogP contribution in [0.5, 0.6) is 5.75 Å². The van der Waals surface area contributed by atoms with E-state index in [0.717, 1.165) is 29.4 Å². The lowest BCUT2D eigenvalue weighted by Gasteiger charge is -2.19. The molecule has 30 heavy (non-hydrogen) atoms. The second-order valence-corrected chi connectivity index (χ2v) is 10.3. The van der Waals surface area contributed by atoms with Crippen LogP contribution >= 0.6 is 0 Å². The summed E-state index contributed by atoms with van der Waals surface area (Å²) in [4.78, 5) is 11.9. The second-order valence-electron chi connectivity index (χ2n) is 8.51. The number of sulfonamides is 1. The van der Waals surface area contributed by atoms with Gasteiger partial charge in [0.1, 0.15) is 11.4 Å². The van der Waals surface area contributed by atoms with E-state index < -0.39 is 21.7 Å². The summed E-state index contributed by atoms with van der Waals surface area (Å²) in [7, 11) is -1.79. The normalized spacial score (nSPS) is 18.4. The van der Waals surface area contributed by atoms with Gasteiger partial charge in [-0.1, -0.05) is 24.3 Å². The molecule has 0 spiro atoms. The Kier molecular flexibility index (Phi) is 5.99. The van der Waals surface area contributed by atoms with Crippen molar-refractivity contribution < 1.29 is 22.7 Å². The lowest BCUT2D eigenvalue weighted by atomic mass is 10.0. The predicted octanol–water partition coefficient (Wildman–Crippen LogP) is 4.11. The molecule has 0 aliphatic heterocycles. The van der Waals surface area contributed by atoms with E-state index in [4.69, 9.17) is 9.47 Å². The maximum Gasteiger partial charge on any atom is 0.407 e. The summed E-state index contributed by atoms with van der Waals surface area (Å²) < 4.78 is 36.3. The molecular weight excluding hydrogens is 404 g/mol. The monoisotopic (exact) mass is 432 g/mol. The van der Waals surface area contributed by atoms with Gasteiger partial charge in [0.15, 0.2) is 0 Å². The fourth-order valence-corrected chi connectivity index (χ4v) is 3.86. The van der Waals surface area contributed by atoms with Gasteiger partial charge in [-0.2, -0.15) is 0 Å². The molecule has 0 saturated heterocycles. The molecule has 0 aromatic heterocycles. The molecule has 162 valence electrons. The Hall–Kier alpha value is -2.74. The number of hydrogen-bond acceptors (Lipinski definition) is 5. The summed E-state index contributed by atoms with van der Waals surface area (Å²) in [5.74, 6) is 0.907. The van der Waals surface area contributed by atoms with Gasteiger partial charge in [0.25, 0.3) is 0 Å². The van der Waals surface area contributed by atoms with Crippen molar-refractivity contribution in [2.75, 3.05) is 18.1 Å². The van der Waals surface area contributed by atoms with Crippen molar-refractivity contribution in [1.29, 1.82) is 0 Å². The highest BCUT2D eigenvalue weighted by molar-refractivity contribution is 7.92. The summed E-state index contributed by atoms with van der Waals surface area (Å²) in [5.41, 5.74) is 2.78. The molecule has 0 bridgehead atoms. The van der Waals surface area contributed by atoms with Gasteiger partial charge >= 0.3 is 6.09 Å². The van der Waals surface area contributed by atoms with Gasteiger partial charge in [-0.15, -0.1) is 0 Å². The maximum absolute atomic E-state index is 11.9. The van der Waals surface area contributed by atoms with Crippen molar-refractivity contribution in [2.24, 2.45) is 0 Å². The number of alkyl carbamates (subject to hydrolysis) is 1. The van der Waals surface area contributed by atoms with Gasteiger partial charge in [0, 0.05) is 23.2 Å². The number of methoxy groups -OCH3 is 1. The second kappa shape index (κ2) is 8.18. The van der Waals surface area contributed by atoms with Crippen LogP contribution in [0.15, 0.2) is 42.5 Å². The molecule has 3 rings (SSSR count). The molecule has 1 aliphatic rings. The van der Waals surface area contributed by atoms with Crippen molar-refractivity contribution in [2.45, 2.75) is 44.8 Å². The molecule has 1 saturated carbocycles. The van der Waals surface area contributed by atoms with Crippen LogP contribution < -0.4 is 14.8 Å². The van der Waals surface area contributed by atoms with Crippen LogP contribution in [0.1, 0.15) is 38.7 Å². The predicted molar refractivity (Wildman–Crippen MR) is 117 cm³/mol. The van der Waals surface area contributed by atoms with E-state index in [1.807, 2.05) is 45.0 Å². The zero-order valence-corrected chi connectivity index (χ0v) is 18.7. The van der Waals surface area contributed by atoms with Crippen molar-refractivity contribution >= 4 is 21.8 Å². The van der Waals surface area contributed by atoms with Crippen LogP contribution in [0.3, 0.4) is 0 Å². The molecule has 0 radical (unpaired) electrons. The van der Waals surface area contributed by atoms with Gasteiger partial charge in [0.05, 0.1) is 13.4 Å². The molecular formula is C22H28N2O5S. The lowest BCUT2D eigenvalue weighted by Crippen LogP contribution is -2.34. The number of nitrogens with one attached hydrogen (secondary N) is 2. The topological polar surface area (TPSA) is 93.7 Å². The minimum absolute atomic E-state index is 0.0718. The van der Waals surface area contributed by atoms with Crippen LogP contribution in [0.4, 0.5) is 10.5 Å². The Morgan fingerprint density at radius 2 is 1.77 bits per heavy atom. The van der Waals surface area contributed by atoms with Crippen LogP contribution in [-0.2, 0) is 14.8 Å². The minimum atomic E-state index is -3.37. The van der Waals surface area contributed by atoms with E-state index in [-0.39, 0.29) is 12.0 Å². The average molecular weight is 433 g/mol. The molecule has 2 aromatic rings. The Labute approximate surface area is 177 Å². The van der Waals surface area contributed by atoms with E-state index in [9.17, 15) is 13.2 Å². The van der Waals surface area contributed by atoms with E-state index in [2.05, 4.69) is 10.0 Å². The average Bonchev–Trinajstić information content (AvgIpc) is 3.37. The first kappa shape index (κ1) is 22.0. The third-order valence-electron chi connectivity index (χ3n) is 4.65. The summed E-state index contributed by atoms with van der Waals surface area (Å²) in [6.45, 7) is 5.51. The molecule has 1 aliphatic carbocycles. The van der Waals surface area contributed by atoms with Gasteiger partial charge in [-0.25, -0.2) is 13.2 Å². The van der Waals surface area contributed by atoms with E-state index in [1.165, 1.54) is 0 Å². The summed E-state index contributed by atoms with van der Waals surface area (Å²) in [6.07, 6.45) is 1.59. The number of rotatable bonds is 6. The SMILES string of the molecule is COc1ccc(NS(C)(=O)=O)cc1-c1ccc([C@@H]2C[C@H]2NC(=O)OC(C)(C)C)cc1. The van der Waals surface area contributed by atoms with Crippen molar-refractivity contribution in [3.8, 4) is 16.9 Å². The number of anilines is 1. The molecule has 2 aromatic carbocycles. The minimum Gasteiger partial charge on any atom is -0.496 e. The molecule has 1 amide bonds. The first-order valence-corrected chi connectivity index (χ1v) is 11.6. The summed E-state index contributed by atoms with van der Waals surface area (Å²) in [6, 6.07) is 13.2. The highest BCUT2D eigenvalue weighted by Crippen LogP contribution is 2.42. The Balaban J connectivity index is 1.72. The van der Waals surface area contributed by atoms with Crippen molar-refractivity contribution in [3.63, 3.8) is 0 Å². The third kappa shape index (κ3) is 5.89. The van der Waals surface area contributed by atoms with Gasteiger partial charge < -0.3 is 14.8 Å². The fourth-order valence-electron chi connectivity index (χ4n) is 3.30. The standard InChI is InChI=1S/C22H28N2O5S/c1-22(2,3)29-21(25)23-19-13-17(19)14-6-8-15(9-7-14)18-12-16(24-30(5,26)27)10-11-20(18)28-4/h6-12,17,19,24H,13H2,1-5H3,(H,23,25)/t17-,19+/m0/s1. The third-order valence-corrected chi connectivity index (χ3v) is 5.25. The number of amides is 1. The van der Waals surface area contributed by atoms with Crippen LogP contribution in [0, 0.1) is 0 Å². The molecule has 2 atom stereocenters. The maximum atomic E-state index is 11.9. The number of ether oxygens (including phenoxy) is 2. The van der Waals surface area contributed by atoms with E-state index in [0.29, 0.717) is 11.4 Å². The number of hydrogen-bond donors (Lipinski definition) is 2. The quantitative estimate of drug-likeness (QED) is 0.716. The van der Waals surface area contributed by atoms with Gasteiger partial charge in [0.2, 0.25) is 10.0 Å². The number of carbonyl (C=O) groups excluding carboxylic acids is 1. The molecule has 0 heterocycles. The highest BCUT2D eigenvalue weighted by atomic mass is 32.2. The Morgan fingerprint density at radius 3 is 2.33 bits per heavy atom. The largest absolute Gasteiger partial charge is 0.496 e. The van der Waals surface area contributed by atoms with Crippen LogP contribution in [-0.4, -0.2) is 39.5 Å². The number of benzene rings is 2. The highest BCUT2D eigenvalue weighted by Gasteiger charge is 2.40. The Bertz CT molecular complexity index is 1030. The number of carbonyl (C=O) groups is 1. The summed E-state index contributed by atoms with van der Waals surface area (Å²) >= 11 is 0. The van der Waals surface area contributed by atoms with Crippen molar-refractivity contribution in [3.05, 3.63) is 48.0 Å². The van der Waals surface area contributed by atoms with Gasteiger partial charge in [-0.05, 0) is 56.5 Å². The Morgan fingerprint density at radius 1 is 1.10 bits per heavy atom. The molecule has 7 nitrogen and oxygen atoms in total. The van der Waals surface area contributed by atoms with Crippen LogP contribution in [0.2, 0.25) is 0 Å². The zero-order valence-electron chi connectivity index (χ0n) is 17.9. The first-order chi connectivity index (χ1) is 13.9. The lowest BCUT2D eigenvalue weighted by molar-refractivity contribution is 0.0523. The van der Waals surface area contributed by atoms with Crippen LogP contribution in [0.25, 0.3) is 11.1 Å². The first-order valence-electron chi connectivity index (χ1n) is 9.71. The fraction of sp³-hybridized carbons (Fsp3) is 0.409. The molecule has 1 fully saturated rings. The summed E-state index contributed by atoms with van der Waals surface area (Å²) in [5, 5.41) is 2.91. The van der Waals surface area contributed by atoms with Gasteiger partial charge in [-0.3, -0.25) is 4.72 Å². The van der Waals surface area contributed by atoms with E-state index >= 15 is 0 Å². The molecule has 8 heteroatoms. The molecule has 0 unspecified atom stereocenters. The van der Waals surface area contributed by atoms with Crippen molar-refractivity contribution in [1.82, 2.24) is 5.32 Å². The molecule has 2 N–H and O–H groups in total.